The van der Waals surface area contributed by atoms with Gasteiger partial charge in [-0.05, 0) is 50.6 Å². The molecule has 2 fully saturated rings. The predicted octanol–water partition coefficient (Wildman–Crippen LogP) is 2.63. The summed E-state index contributed by atoms with van der Waals surface area (Å²) in [6.07, 6.45) is 6.00. The van der Waals surface area contributed by atoms with E-state index in [2.05, 4.69) is 35.2 Å². The van der Waals surface area contributed by atoms with E-state index in [-0.39, 0.29) is 11.7 Å². The van der Waals surface area contributed by atoms with Crippen molar-refractivity contribution < 1.29 is 9.84 Å². The molecule has 0 radical (unpaired) electrons. The van der Waals surface area contributed by atoms with Crippen molar-refractivity contribution >= 4 is 0 Å². The highest BCUT2D eigenvalue weighted by molar-refractivity contribution is 5.14. The summed E-state index contributed by atoms with van der Waals surface area (Å²) >= 11 is 0. The Morgan fingerprint density at radius 2 is 1.95 bits per heavy atom. The highest BCUT2D eigenvalue weighted by Crippen LogP contribution is 2.35. The topological polar surface area (TPSA) is 32.7 Å². The molecule has 1 aromatic rings. The van der Waals surface area contributed by atoms with Crippen molar-refractivity contribution in [3.8, 4) is 0 Å². The average Bonchev–Trinajstić information content (AvgIpc) is 2.53. The van der Waals surface area contributed by atoms with Crippen LogP contribution in [0.4, 0.5) is 0 Å². The third kappa shape index (κ3) is 3.65. The van der Waals surface area contributed by atoms with Crippen molar-refractivity contribution in [1.82, 2.24) is 4.90 Å². The number of likely N-dealkylation sites (tertiary alicyclic amines) is 1. The number of aliphatic hydroxyl groups excluding tert-OH is 1. The van der Waals surface area contributed by atoms with E-state index in [9.17, 15) is 5.11 Å². The first-order chi connectivity index (χ1) is 10.3. The van der Waals surface area contributed by atoms with Gasteiger partial charge in [-0.1, -0.05) is 30.3 Å². The van der Waals surface area contributed by atoms with E-state index in [4.69, 9.17) is 4.74 Å². The zero-order chi connectivity index (χ0) is 14.5. The Bertz CT molecular complexity index is 426. The minimum Gasteiger partial charge on any atom is -0.390 e. The van der Waals surface area contributed by atoms with Gasteiger partial charge in [0, 0.05) is 19.7 Å². The normalized spacial score (nSPS) is 26.0. The Morgan fingerprint density at radius 1 is 1.19 bits per heavy atom. The van der Waals surface area contributed by atoms with Crippen LogP contribution in [-0.2, 0) is 11.2 Å². The highest BCUT2D eigenvalue weighted by Gasteiger charge is 2.43. The molecule has 1 N–H and O–H groups in total. The zero-order valence-electron chi connectivity index (χ0n) is 12.8. The van der Waals surface area contributed by atoms with E-state index in [1.54, 1.807) is 0 Å². The van der Waals surface area contributed by atoms with Gasteiger partial charge in [-0.2, -0.15) is 0 Å². The maximum absolute atomic E-state index is 10.3. The lowest BCUT2D eigenvalue weighted by molar-refractivity contribution is -0.176. The van der Waals surface area contributed by atoms with Crippen LogP contribution in [0.25, 0.3) is 0 Å². The lowest BCUT2D eigenvalue weighted by Gasteiger charge is -2.46. The van der Waals surface area contributed by atoms with E-state index < -0.39 is 0 Å². The van der Waals surface area contributed by atoms with Crippen molar-refractivity contribution in [2.45, 2.75) is 50.2 Å². The maximum atomic E-state index is 10.3. The molecule has 3 nitrogen and oxygen atoms in total. The molecular weight excluding hydrogens is 262 g/mol. The van der Waals surface area contributed by atoms with Crippen molar-refractivity contribution in [2.24, 2.45) is 0 Å². The first kappa shape index (κ1) is 15.0. The molecule has 2 aliphatic heterocycles. The predicted molar refractivity (Wildman–Crippen MR) is 84.4 cm³/mol. The summed E-state index contributed by atoms with van der Waals surface area (Å²) in [4.78, 5) is 2.53. The van der Waals surface area contributed by atoms with Crippen LogP contribution in [0.15, 0.2) is 30.3 Å². The highest BCUT2D eigenvalue weighted by atomic mass is 16.5. The van der Waals surface area contributed by atoms with Crippen LogP contribution in [0.5, 0.6) is 0 Å². The summed E-state index contributed by atoms with van der Waals surface area (Å²) in [6, 6.07) is 10.7. The first-order valence-electron chi connectivity index (χ1n) is 8.37. The Morgan fingerprint density at radius 3 is 2.67 bits per heavy atom. The summed E-state index contributed by atoms with van der Waals surface area (Å²) in [6.45, 7) is 4.10. The molecule has 0 saturated carbocycles. The second-order valence-electron chi connectivity index (χ2n) is 6.50. The van der Waals surface area contributed by atoms with Gasteiger partial charge in [0.2, 0.25) is 0 Å². The third-order valence-electron chi connectivity index (χ3n) is 5.10. The second kappa shape index (κ2) is 6.91. The number of piperidine rings is 1. The number of hydrogen-bond donors (Lipinski definition) is 1. The molecule has 2 heterocycles. The first-order valence-corrected chi connectivity index (χ1v) is 8.37. The van der Waals surface area contributed by atoms with Crippen molar-refractivity contribution in [3.05, 3.63) is 35.9 Å². The van der Waals surface area contributed by atoms with E-state index in [1.807, 2.05) is 0 Å². The summed E-state index contributed by atoms with van der Waals surface area (Å²) in [5, 5.41) is 10.3. The van der Waals surface area contributed by atoms with Crippen LogP contribution in [0.3, 0.4) is 0 Å². The van der Waals surface area contributed by atoms with E-state index in [0.29, 0.717) is 0 Å². The van der Waals surface area contributed by atoms with Gasteiger partial charge in [0.15, 0.2) is 0 Å². The SMILES string of the molecule is OC1CCCOC12CCN(CCCc1ccccc1)CC2. The largest absolute Gasteiger partial charge is 0.390 e. The second-order valence-corrected chi connectivity index (χ2v) is 6.50. The lowest BCUT2D eigenvalue weighted by atomic mass is 9.82. The van der Waals surface area contributed by atoms with Crippen LogP contribution in [0, 0.1) is 0 Å². The minimum absolute atomic E-state index is 0.228. The van der Waals surface area contributed by atoms with Gasteiger partial charge in [0.05, 0.1) is 11.7 Å². The zero-order valence-corrected chi connectivity index (χ0v) is 12.8. The summed E-state index contributed by atoms with van der Waals surface area (Å²) in [5.74, 6) is 0. The fraction of sp³-hybridized carbons (Fsp3) is 0.667. The van der Waals surface area contributed by atoms with Gasteiger partial charge in [-0.15, -0.1) is 0 Å². The molecule has 0 aliphatic carbocycles. The summed E-state index contributed by atoms with van der Waals surface area (Å²) in [5.41, 5.74) is 1.20. The number of nitrogens with zero attached hydrogens (tertiary/aromatic N) is 1. The Balaban J connectivity index is 1.41. The van der Waals surface area contributed by atoms with Gasteiger partial charge in [-0.3, -0.25) is 0 Å². The molecule has 0 bridgehead atoms. The van der Waals surface area contributed by atoms with Crippen LogP contribution in [-0.4, -0.2) is 48.0 Å². The quantitative estimate of drug-likeness (QED) is 0.925. The number of rotatable bonds is 4. The summed E-state index contributed by atoms with van der Waals surface area (Å²) in [7, 11) is 0. The number of aryl methyl sites for hydroxylation is 1. The molecule has 116 valence electrons. The number of hydrogen-bond acceptors (Lipinski definition) is 3. The molecule has 2 aliphatic rings. The molecule has 1 atom stereocenters. The van der Waals surface area contributed by atoms with E-state index >= 15 is 0 Å². The van der Waals surface area contributed by atoms with Crippen LogP contribution < -0.4 is 0 Å². The molecule has 21 heavy (non-hydrogen) atoms. The molecule has 2 saturated heterocycles. The Labute approximate surface area is 127 Å². The fourth-order valence-corrected chi connectivity index (χ4v) is 3.70. The molecular formula is C18H27NO2. The fourth-order valence-electron chi connectivity index (χ4n) is 3.70. The number of aliphatic hydroxyl groups is 1. The molecule has 3 rings (SSSR count). The Hall–Kier alpha value is -0.900. The smallest absolute Gasteiger partial charge is 0.0964 e. The molecule has 1 spiro atoms. The van der Waals surface area contributed by atoms with Gasteiger partial charge in [-0.25, -0.2) is 0 Å². The third-order valence-corrected chi connectivity index (χ3v) is 5.10. The van der Waals surface area contributed by atoms with E-state index in [0.717, 1.165) is 58.3 Å². The molecule has 1 unspecified atom stereocenters. The molecule has 3 heteroatoms. The van der Waals surface area contributed by atoms with Gasteiger partial charge >= 0.3 is 0 Å². The monoisotopic (exact) mass is 289 g/mol. The van der Waals surface area contributed by atoms with Crippen LogP contribution >= 0.6 is 0 Å². The molecule has 1 aromatic carbocycles. The van der Waals surface area contributed by atoms with Gasteiger partial charge in [0.25, 0.3) is 0 Å². The summed E-state index contributed by atoms with van der Waals surface area (Å²) < 4.78 is 5.96. The number of benzene rings is 1. The van der Waals surface area contributed by atoms with Crippen LogP contribution in [0.2, 0.25) is 0 Å². The molecule has 0 aromatic heterocycles. The van der Waals surface area contributed by atoms with E-state index in [1.165, 1.54) is 12.0 Å². The van der Waals surface area contributed by atoms with Crippen molar-refractivity contribution in [1.29, 1.82) is 0 Å². The average molecular weight is 289 g/mol. The van der Waals surface area contributed by atoms with Gasteiger partial charge < -0.3 is 14.7 Å². The van der Waals surface area contributed by atoms with Crippen molar-refractivity contribution in [3.63, 3.8) is 0 Å². The minimum atomic E-state index is -0.252. The molecule has 0 amide bonds. The lowest BCUT2D eigenvalue weighted by Crippen LogP contribution is -2.55. The van der Waals surface area contributed by atoms with Gasteiger partial charge in [0.1, 0.15) is 0 Å². The van der Waals surface area contributed by atoms with Crippen molar-refractivity contribution in [2.75, 3.05) is 26.2 Å². The number of ether oxygens (including phenoxy) is 1. The maximum Gasteiger partial charge on any atom is 0.0964 e. The standard InChI is InChI=1S/C18H27NO2/c20-17-9-5-15-21-18(17)10-13-19(14-11-18)12-4-8-16-6-2-1-3-7-16/h1-3,6-7,17,20H,4-5,8-15H2. The Kier molecular flexibility index (Phi) is 4.94. The van der Waals surface area contributed by atoms with Crippen LogP contribution in [0.1, 0.15) is 37.7 Å².